The van der Waals surface area contributed by atoms with Crippen LogP contribution in [0.5, 0.6) is 0 Å². The van der Waals surface area contributed by atoms with E-state index < -0.39 is 40.2 Å². The maximum Gasteiger partial charge on any atom is 0.418 e. The molecule has 1 aliphatic rings. The molecule has 3 rings (SSSR count). The summed E-state index contributed by atoms with van der Waals surface area (Å²) in [5.74, 6) is 0. The minimum atomic E-state index is -4.58. The maximum absolute atomic E-state index is 13.7. The molecule has 1 saturated heterocycles. The first kappa shape index (κ1) is 23.1. The molecule has 0 unspecified atom stereocenters. The summed E-state index contributed by atoms with van der Waals surface area (Å²) in [7, 11) is 3.32. The molecule has 4 nitrogen and oxygen atoms in total. The molecule has 0 saturated carbocycles. The third kappa shape index (κ3) is 4.11. The van der Waals surface area contributed by atoms with Crippen LogP contribution in [-0.4, -0.2) is 37.5 Å². The number of benzene rings is 2. The molecule has 0 bridgehead atoms. The van der Waals surface area contributed by atoms with Crippen LogP contribution in [0.1, 0.15) is 11.1 Å². The van der Waals surface area contributed by atoms with Crippen LogP contribution >= 0.6 is 16.7 Å². The number of hydrogen-bond acceptors (Lipinski definition) is 4. The van der Waals surface area contributed by atoms with Crippen LogP contribution in [0.4, 0.5) is 37.7 Å². The number of rotatable bonds is 4. The van der Waals surface area contributed by atoms with Crippen molar-refractivity contribution in [3.8, 4) is 0 Å². The van der Waals surface area contributed by atoms with Gasteiger partial charge < -0.3 is 0 Å². The Balaban J connectivity index is 2.17. The zero-order chi connectivity index (χ0) is 22.4. The molecule has 164 valence electrons. The lowest BCUT2D eigenvalue weighted by Crippen LogP contribution is -2.47. The van der Waals surface area contributed by atoms with Crippen LogP contribution in [0, 0.1) is 0 Å². The fourth-order valence-corrected chi connectivity index (χ4v) is 9.76. The molecule has 2 aromatic carbocycles. The molecule has 0 amide bonds. The third-order valence-electron chi connectivity index (χ3n) is 4.24. The molecule has 1 heterocycles. The van der Waals surface area contributed by atoms with Gasteiger partial charge in [-0.05, 0) is 52.5 Å². The van der Waals surface area contributed by atoms with E-state index in [0.29, 0.717) is 0 Å². The van der Waals surface area contributed by atoms with Crippen LogP contribution in [-0.2, 0) is 12.4 Å². The zero-order valence-corrected chi connectivity index (χ0v) is 18.4. The second kappa shape index (κ2) is 8.15. The van der Waals surface area contributed by atoms with Crippen molar-refractivity contribution < 1.29 is 26.3 Å². The Labute approximate surface area is 173 Å². The van der Waals surface area contributed by atoms with E-state index in [1.54, 1.807) is 46.4 Å². The second-order valence-corrected chi connectivity index (χ2v) is 11.7. The fourth-order valence-electron chi connectivity index (χ4n) is 3.11. The van der Waals surface area contributed by atoms with E-state index in [1.165, 1.54) is 36.4 Å². The summed E-state index contributed by atoms with van der Waals surface area (Å²) >= 11 is 0. The van der Waals surface area contributed by atoms with Gasteiger partial charge in [-0.3, -0.25) is 18.2 Å². The average molecular weight is 468 g/mol. The smallest absolute Gasteiger partial charge is 0.268 e. The van der Waals surface area contributed by atoms with Crippen LogP contribution in [0.15, 0.2) is 48.5 Å². The largest absolute Gasteiger partial charge is 0.418 e. The van der Waals surface area contributed by atoms with E-state index in [4.69, 9.17) is 0 Å². The number of para-hydroxylation sites is 2. The van der Waals surface area contributed by atoms with Gasteiger partial charge in [0.25, 0.3) is 0 Å². The van der Waals surface area contributed by atoms with Crippen LogP contribution < -0.4 is 8.88 Å². The van der Waals surface area contributed by atoms with Crippen molar-refractivity contribution in [2.75, 3.05) is 37.1 Å². The fraction of sp³-hybridized carbons (Fsp3) is 0.333. The standard InChI is InChI=1S/C18H20F6N4P2/c1-25(2)29-27(15-11-7-5-9-13(15)17(19,20)21)30(26(3)4)28(29)16-12-8-6-10-14(16)18(22,23)24/h5-12H,1-4H3. The van der Waals surface area contributed by atoms with Crippen molar-refractivity contribution in [3.05, 3.63) is 59.7 Å². The second-order valence-electron chi connectivity index (χ2n) is 6.84. The highest BCUT2D eigenvalue weighted by Crippen LogP contribution is 2.80. The highest BCUT2D eigenvalue weighted by Gasteiger charge is 2.55. The lowest BCUT2D eigenvalue weighted by atomic mass is 10.2. The Morgan fingerprint density at radius 3 is 1.17 bits per heavy atom. The van der Waals surface area contributed by atoms with Gasteiger partial charge in [0.2, 0.25) is 0 Å². The zero-order valence-electron chi connectivity index (χ0n) is 16.6. The van der Waals surface area contributed by atoms with E-state index in [-0.39, 0.29) is 11.4 Å². The molecule has 1 fully saturated rings. The topological polar surface area (TPSA) is 13.0 Å². The molecular weight excluding hydrogens is 448 g/mol. The van der Waals surface area contributed by atoms with Crippen molar-refractivity contribution in [2.45, 2.75) is 12.4 Å². The number of halogens is 6. The molecule has 0 N–H and O–H groups in total. The molecule has 2 aromatic rings. The van der Waals surface area contributed by atoms with E-state index in [2.05, 4.69) is 0 Å². The van der Waals surface area contributed by atoms with Gasteiger partial charge >= 0.3 is 12.4 Å². The van der Waals surface area contributed by atoms with Crippen LogP contribution in [0.25, 0.3) is 0 Å². The Kier molecular flexibility index (Phi) is 6.27. The molecule has 0 aliphatic carbocycles. The van der Waals surface area contributed by atoms with E-state index in [9.17, 15) is 26.3 Å². The van der Waals surface area contributed by atoms with Gasteiger partial charge in [0.1, 0.15) is 0 Å². The van der Waals surface area contributed by atoms with Crippen molar-refractivity contribution in [2.24, 2.45) is 0 Å². The third-order valence-corrected chi connectivity index (χ3v) is 9.81. The van der Waals surface area contributed by atoms with E-state index in [1.807, 2.05) is 0 Å². The van der Waals surface area contributed by atoms with Gasteiger partial charge in [0.15, 0.2) is 16.7 Å². The summed E-state index contributed by atoms with van der Waals surface area (Å²) in [6.45, 7) is 0. The molecular formula is C18H20F6N4P2. The van der Waals surface area contributed by atoms with Gasteiger partial charge in [-0.1, -0.05) is 24.3 Å². The normalized spacial score (nSPS) is 20.1. The van der Waals surface area contributed by atoms with E-state index >= 15 is 0 Å². The summed E-state index contributed by atoms with van der Waals surface area (Å²) in [4.78, 5) is 0. The first-order chi connectivity index (χ1) is 13.9. The summed E-state index contributed by atoms with van der Waals surface area (Å²) in [6, 6.07) is 10.3. The average Bonchev–Trinajstić information content (AvgIpc) is 2.59. The highest BCUT2D eigenvalue weighted by atomic mass is 31.3. The van der Waals surface area contributed by atoms with Gasteiger partial charge in [-0.2, -0.15) is 26.3 Å². The highest BCUT2D eigenvalue weighted by molar-refractivity contribution is 7.93. The summed E-state index contributed by atoms with van der Waals surface area (Å²) < 4.78 is 88.5. The molecule has 0 radical (unpaired) electrons. The van der Waals surface area contributed by atoms with Gasteiger partial charge in [-0.25, -0.2) is 0 Å². The summed E-state index contributed by atoms with van der Waals surface area (Å²) in [6.07, 6.45) is -9.16. The predicted octanol–water partition coefficient (Wildman–Crippen LogP) is 6.63. The van der Waals surface area contributed by atoms with Crippen LogP contribution in [0.3, 0.4) is 0 Å². The lowest BCUT2D eigenvalue weighted by molar-refractivity contribution is -0.137. The lowest BCUT2D eigenvalue weighted by Gasteiger charge is -2.61. The predicted molar refractivity (Wildman–Crippen MR) is 109 cm³/mol. The summed E-state index contributed by atoms with van der Waals surface area (Å²) in [5, 5.41) is 0. The first-order valence-electron chi connectivity index (χ1n) is 8.72. The van der Waals surface area contributed by atoms with E-state index in [0.717, 1.165) is 12.1 Å². The van der Waals surface area contributed by atoms with Crippen LogP contribution in [0.2, 0.25) is 0 Å². The Bertz CT molecular complexity index is 821. The van der Waals surface area contributed by atoms with Crippen molar-refractivity contribution in [1.29, 1.82) is 0 Å². The summed E-state index contributed by atoms with van der Waals surface area (Å²) in [5.41, 5.74) is -1.69. The Morgan fingerprint density at radius 2 is 0.900 bits per heavy atom. The van der Waals surface area contributed by atoms with Gasteiger partial charge in [-0.15, -0.1) is 0 Å². The number of hydrogen-bond donors (Lipinski definition) is 0. The molecule has 0 atom stereocenters. The van der Waals surface area contributed by atoms with Crippen molar-refractivity contribution in [3.63, 3.8) is 0 Å². The van der Waals surface area contributed by atoms with Gasteiger partial charge in [0.05, 0.1) is 22.5 Å². The van der Waals surface area contributed by atoms with Gasteiger partial charge in [0, 0.05) is 0 Å². The number of nitrogens with zero attached hydrogens (tertiary/aromatic N) is 4. The molecule has 30 heavy (non-hydrogen) atoms. The van der Waals surface area contributed by atoms with Crippen molar-refractivity contribution >= 4 is 28.1 Å². The Hall–Kier alpha value is -1.60. The first-order valence-corrected chi connectivity index (χ1v) is 11.1. The number of alkyl halides is 6. The Morgan fingerprint density at radius 1 is 0.600 bits per heavy atom. The quantitative estimate of drug-likeness (QED) is 0.369. The molecule has 0 aromatic heterocycles. The number of anilines is 2. The minimum absolute atomic E-state index is 0.0367. The maximum atomic E-state index is 13.7. The molecule has 0 spiro atoms. The van der Waals surface area contributed by atoms with Crippen molar-refractivity contribution in [1.82, 2.24) is 9.34 Å². The SMILES string of the molecule is CN(C)P1N(c2ccccc2C(F)(F)F)P(N(C)C)N1c1ccccc1C(F)(F)F. The molecule has 1 aliphatic heterocycles. The molecule has 12 heteroatoms. The monoisotopic (exact) mass is 468 g/mol. The minimum Gasteiger partial charge on any atom is -0.268 e.